The average Bonchev–Trinajstić information content (AvgIpc) is 2.96. The first-order valence-corrected chi connectivity index (χ1v) is 6.04. The number of hydrogen-bond donors (Lipinski definition) is 1. The number of carboxylic acid groups (broad SMARTS) is 1. The summed E-state index contributed by atoms with van der Waals surface area (Å²) in [5.74, 6) is -1.08. The Hall–Kier alpha value is -1.82. The second-order valence-electron chi connectivity index (χ2n) is 3.41. The highest BCUT2D eigenvalue weighted by molar-refractivity contribution is 7.09. The van der Waals surface area contributed by atoms with Crippen LogP contribution in [0.25, 0.3) is 0 Å². The maximum atomic E-state index is 10.7. The van der Waals surface area contributed by atoms with E-state index >= 15 is 0 Å². The van der Waals surface area contributed by atoms with Gasteiger partial charge in [0.1, 0.15) is 6.26 Å². The third-order valence-electron chi connectivity index (χ3n) is 2.29. The van der Waals surface area contributed by atoms with E-state index < -0.39 is 5.97 Å². The van der Waals surface area contributed by atoms with Crippen LogP contribution in [0.1, 0.15) is 22.3 Å². The third kappa shape index (κ3) is 2.65. The molecule has 2 heterocycles. The lowest BCUT2D eigenvalue weighted by molar-refractivity contribution is 0.0690. The summed E-state index contributed by atoms with van der Waals surface area (Å²) in [7, 11) is 0. The Kier molecular flexibility index (Phi) is 3.43. The van der Waals surface area contributed by atoms with E-state index in [2.05, 4.69) is 4.98 Å². The fourth-order valence-electron chi connectivity index (χ4n) is 1.41. The molecule has 0 unspecified atom stereocenters. The van der Waals surface area contributed by atoms with Gasteiger partial charge in [-0.2, -0.15) is 4.98 Å². The minimum Gasteiger partial charge on any atom is -0.476 e. The molecule has 17 heavy (non-hydrogen) atoms. The molecule has 0 bridgehead atoms. The molecule has 0 aliphatic rings. The van der Waals surface area contributed by atoms with Gasteiger partial charge in [0.15, 0.2) is 5.69 Å². The molecule has 0 saturated carbocycles. The molecule has 0 spiro atoms. The molecular formula is C11H12N2O3S. The molecule has 0 radical (unpaired) electrons. The summed E-state index contributed by atoms with van der Waals surface area (Å²) < 4.78 is 5.17. The van der Waals surface area contributed by atoms with E-state index in [9.17, 15) is 4.79 Å². The molecule has 6 heteroatoms. The molecule has 0 amide bonds. The zero-order valence-electron chi connectivity index (χ0n) is 9.29. The fraction of sp³-hybridized carbons (Fsp3) is 0.273. The highest BCUT2D eigenvalue weighted by Gasteiger charge is 2.15. The molecule has 1 N–H and O–H groups in total. The third-order valence-corrected chi connectivity index (χ3v) is 3.15. The van der Waals surface area contributed by atoms with Crippen molar-refractivity contribution < 1.29 is 14.3 Å². The van der Waals surface area contributed by atoms with Crippen molar-refractivity contribution in [1.82, 2.24) is 4.98 Å². The van der Waals surface area contributed by atoms with E-state index in [1.807, 2.05) is 29.3 Å². The SMILES string of the molecule is CCN(Cc1cccs1)c1nc(C(=O)O)co1. The summed E-state index contributed by atoms with van der Waals surface area (Å²) in [6, 6.07) is 4.35. The van der Waals surface area contributed by atoms with Gasteiger partial charge in [-0.25, -0.2) is 4.79 Å². The first kappa shape index (κ1) is 11.7. The Bertz CT molecular complexity index is 493. The van der Waals surface area contributed by atoms with Gasteiger partial charge in [-0.05, 0) is 18.4 Å². The van der Waals surface area contributed by atoms with Crippen LogP contribution in [0.15, 0.2) is 28.2 Å². The van der Waals surface area contributed by atoms with Gasteiger partial charge in [-0.15, -0.1) is 11.3 Å². The van der Waals surface area contributed by atoms with Crippen molar-refractivity contribution >= 4 is 23.3 Å². The van der Waals surface area contributed by atoms with Crippen LogP contribution in [-0.4, -0.2) is 22.6 Å². The Morgan fingerprint density at radius 3 is 3.00 bits per heavy atom. The van der Waals surface area contributed by atoms with Crippen molar-refractivity contribution in [3.63, 3.8) is 0 Å². The zero-order chi connectivity index (χ0) is 12.3. The molecule has 2 rings (SSSR count). The topological polar surface area (TPSA) is 66.6 Å². The van der Waals surface area contributed by atoms with E-state index in [1.165, 1.54) is 4.88 Å². The number of hydrogen-bond acceptors (Lipinski definition) is 5. The average molecular weight is 252 g/mol. The molecule has 90 valence electrons. The van der Waals surface area contributed by atoms with Crippen LogP contribution in [0, 0.1) is 0 Å². The second kappa shape index (κ2) is 5.01. The van der Waals surface area contributed by atoms with Crippen LogP contribution in [0.4, 0.5) is 6.01 Å². The monoisotopic (exact) mass is 252 g/mol. The minimum absolute atomic E-state index is 0.0652. The Morgan fingerprint density at radius 2 is 2.47 bits per heavy atom. The lowest BCUT2D eigenvalue weighted by Crippen LogP contribution is -2.21. The zero-order valence-corrected chi connectivity index (χ0v) is 10.1. The number of carboxylic acids is 1. The van der Waals surface area contributed by atoms with Gasteiger partial charge >= 0.3 is 5.97 Å². The predicted octanol–water partition coefficient (Wildman–Crippen LogP) is 2.46. The number of oxazole rings is 1. The van der Waals surface area contributed by atoms with E-state index in [4.69, 9.17) is 9.52 Å². The van der Waals surface area contributed by atoms with Crippen molar-refractivity contribution in [3.8, 4) is 0 Å². The van der Waals surface area contributed by atoms with Crippen molar-refractivity contribution in [3.05, 3.63) is 34.3 Å². The van der Waals surface area contributed by atoms with E-state index in [0.717, 1.165) is 6.26 Å². The van der Waals surface area contributed by atoms with Crippen LogP contribution < -0.4 is 4.90 Å². The molecule has 0 atom stereocenters. The summed E-state index contributed by atoms with van der Waals surface area (Å²) >= 11 is 1.65. The smallest absolute Gasteiger partial charge is 0.357 e. The van der Waals surface area contributed by atoms with Crippen LogP contribution in [0.3, 0.4) is 0 Å². The molecule has 0 saturated heterocycles. The van der Waals surface area contributed by atoms with Gasteiger partial charge in [0, 0.05) is 11.4 Å². The summed E-state index contributed by atoms with van der Waals surface area (Å²) in [4.78, 5) is 17.7. The Balaban J connectivity index is 2.14. The minimum atomic E-state index is -1.08. The molecule has 0 aliphatic heterocycles. The Labute approximate surface area is 102 Å². The fourth-order valence-corrected chi connectivity index (χ4v) is 2.13. The number of thiophene rings is 1. The largest absolute Gasteiger partial charge is 0.476 e. The highest BCUT2D eigenvalue weighted by atomic mass is 32.1. The van der Waals surface area contributed by atoms with Crippen LogP contribution >= 0.6 is 11.3 Å². The normalized spacial score (nSPS) is 10.4. The number of carbonyl (C=O) groups is 1. The van der Waals surface area contributed by atoms with Gasteiger partial charge in [0.05, 0.1) is 6.54 Å². The lowest BCUT2D eigenvalue weighted by atomic mass is 10.4. The number of nitrogens with zero attached hydrogens (tertiary/aromatic N) is 2. The molecule has 0 aliphatic carbocycles. The quantitative estimate of drug-likeness (QED) is 0.885. The molecular weight excluding hydrogens is 240 g/mol. The number of rotatable bonds is 5. The summed E-state index contributed by atoms with van der Waals surface area (Å²) in [5.41, 5.74) is -0.0652. The first-order valence-electron chi connectivity index (χ1n) is 5.17. The molecule has 2 aromatic heterocycles. The number of aromatic carboxylic acids is 1. The predicted molar refractivity (Wildman–Crippen MR) is 64.5 cm³/mol. The number of aromatic nitrogens is 1. The van der Waals surface area contributed by atoms with E-state index in [0.29, 0.717) is 19.1 Å². The summed E-state index contributed by atoms with van der Waals surface area (Å²) in [5, 5.41) is 10.8. The molecule has 0 aromatic carbocycles. The van der Waals surface area contributed by atoms with Crippen molar-refractivity contribution in [2.45, 2.75) is 13.5 Å². The molecule has 2 aromatic rings. The van der Waals surface area contributed by atoms with Crippen LogP contribution in [-0.2, 0) is 6.54 Å². The van der Waals surface area contributed by atoms with Gasteiger partial charge in [0.2, 0.25) is 0 Å². The van der Waals surface area contributed by atoms with E-state index in [-0.39, 0.29) is 5.69 Å². The number of anilines is 1. The standard InChI is InChI=1S/C11H12N2O3S/c1-2-13(6-8-4-3-5-17-8)11-12-9(7-16-11)10(14)15/h3-5,7H,2,6H2,1H3,(H,14,15). The van der Waals surface area contributed by atoms with E-state index in [1.54, 1.807) is 11.3 Å². The van der Waals surface area contributed by atoms with Crippen molar-refractivity contribution in [2.24, 2.45) is 0 Å². The highest BCUT2D eigenvalue weighted by Crippen LogP contribution is 2.18. The van der Waals surface area contributed by atoms with Crippen LogP contribution in [0.2, 0.25) is 0 Å². The maximum absolute atomic E-state index is 10.7. The van der Waals surface area contributed by atoms with Gasteiger partial charge in [-0.1, -0.05) is 6.07 Å². The van der Waals surface area contributed by atoms with Crippen LogP contribution in [0.5, 0.6) is 0 Å². The van der Waals surface area contributed by atoms with Crippen molar-refractivity contribution in [1.29, 1.82) is 0 Å². The van der Waals surface area contributed by atoms with Gasteiger partial charge in [-0.3, -0.25) is 0 Å². The second-order valence-corrected chi connectivity index (χ2v) is 4.45. The molecule has 5 nitrogen and oxygen atoms in total. The van der Waals surface area contributed by atoms with Crippen molar-refractivity contribution in [2.75, 3.05) is 11.4 Å². The summed E-state index contributed by atoms with van der Waals surface area (Å²) in [6.07, 6.45) is 1.16. The summed E-state index contributed by atoms with van der Waals surface area (Å²) in [6.45, 7) is 3.35. The molecule has 0 fully saturated rings. The first-order chi connectivity index (χ1) is 8.20. The maximum Gasteiger partial charge on any atom is 0.357 e. The lowest BCUT2D eigenvalue weighted by Gasteiger charge is -2.16. The Morgan fingerprint density at radius 1 is 1.65 bits per heavy atom. The van der Waals surface area contributed by atoms with Gasteiger partial charge < -0.3 is 14.4 Å². The van der Waals surface area contributed by atoms with Gasteiger partial charge in [0.25, 0.3) is 6.01 Å².